The highest BCUT2D eigenvalue weighted by Crippen LogP contribution is 2.37. The third kappa shape index (κ3) is 2.14. The van der Waals surface area contributed by atoms with Gasteiger partial charge in [0.1, 0.15) is 0 Å². The van der Waals surface area contributed by atoms with Crippen LogP contribution in [0.15, 0.2) is 41.6 Å². The molecular formula is C15H17NS. The van der Waals surface area contributed by atoms with Crippen molar-refractivity contribution in [1.29, 1.82) is 0 Å². The minimum Gasteiger partial charge on any atom is -0.353 e. The van der Waals surface area contributed by atoms with Gasteiger partial charge in [-0.3, -0.25) is 0 Å². The standard InChI is InChI=1S/C15H17NS/c1-11-8-16(9-12(11)2)10-14-7-13-5-3-4-6-15(13)17-14/h3-6,8-9,14H,7,10H2,1-2H3. The monoisotopic (exact) mass is 243 g/mol. The van der Waals surface area contributed by atoms with E-state index in [1.807, 2.05) is 11.8 Å². The molecule has 0 spiro atoms. The van der Waals surface area contributed by atoms with Gasteiger partial charge in [-0.05, 0) is 43.0 Å². The highest BCUT2D eigenvalue weighted by molar-refractivity contribution is 8.00. The number of thioether (sulfide) groups is 1. The van der Waals surface area contributed by atoms with Crippen molar-refractivity contribution in [2.45, 2.75) is 37.0 Å². The molecule has 1 nitrogen and oxygen atoms in total. The first-order valence-electron chi connectivity index (χ1n) is 6.10. The Balaban J connectivity index is 1.73. The topological polar surface area (TPSA) is 4.93 Å². The molecule has 1 unspecified atom stereocenters. The molecule has 0 N–H and O–H groups in total. The van der Waals surface area contributed by atoms with E-state index in [-0.39, 0.29) is 0 Å². The van der Waals surface area contributed by atoms with E-state index in [0.717, 1.165) is 6.54 Å². The normalized spacial score (nSPS) is 18.4. The first-order valence-corrected chi connectivity index (χ1v) is 6.98. The van der Waals surface area contributed by atoms with E-state index in [4.69, 9.17) is 0 Å². The molecule has 2 heteroatoms. The average Bonchev–Trinajstić information content (AvgIpc) is 2.83. The molecule has 1 aliphatic rings. The van der Waals surface area contributed by atoms with E-state index in [9.17, 15) is 0 Å². The first-order chi connectivity index (χ1) is 8.22. The number of rotatable bonds is 2. The summed E-state index contributed by atoms with van der Waals surface area (Å²) in [5.74, 6) is 0. The van der Waals surface area contributed by atoms with Crippen LogP contribution in [0.5, 0.6) is 0 Å². The van der Waals surface area contributed by atoms with Gasteiger partial charge >= 0.3 is 0 Å². The van der Waals surface area contributed by atoms with Crippen LogP contribution >= 0.6 is 11.8 Å². The molecule has 1 aromatic heterocycles. The molecule has 0 amide bonds. The maximum atomic E-state index is 2.34. The van der Waals surface area contributed by atoms with E-state index in [1.165, 1.54) is 28.0 Å². The lowest BCUT2D eigenvalue weighted by Crippen LogP contribution is -2.10. The minimum atomic E-state index is 0.693. The Bertz CT molecular complexity index is 497. The molecule has 0 radical (unpaired) electrons. The Labute approximate surface area is 107 Å². The summed E-state index contributed by atoms with van der Waals surface area (Å²) >= 11 is 2.03. The van der Waals surface area contributed by atoms with Crippen molar-refractivity contribution in [3.05, 3.63) is 53.3 Å². The Morgan fingerprint density at radius 1 is 1.18 bits per heavy atom. The van der Waals surface area contributed by atoms with Crippen LogP contribution in [0.4, 0.5) is 0 Å². The second-order valence-corrected chi connectivity index (χ2v) is 6.21. The maximum absolute atomic E-state index is 2.34. The largest absolute Gasteiger partial charge is 0.353 e. The zero-order valence-corrected chi connectivity index (χ0v) is 11.1. The predicted octanol–water partition coefficient (Wildman–Crippen LogP) is 3.82. The predicted molar refractivity (Wildman–Crippen MR) is 73.7 cm³/mol. The van der Waals surface area contributed by atoms with Gasteiger partial charge < -0.3 is 4.57 Å². The van der Waals surface area contributed by atoms with Crippen molar-refractivity contribution in [3.8, 4) is 0 Å². The summed E-state index contributed by atoms with van der Waals surface area (Å²) in [5.41, 5.74) is 4.30. The third-order valence-electron chi connectivity index (χ3n) is 3.47. The molecular weight excluding hydrogens is 226 g/mol. The van der Waals surface area contributed by atoms with Crippen LogP contribution in [0.3, 0.4) is 0 Å². The molecule has 0 saturated heterocycles. The molecule has 17 heavy (non-hydrogen) atoms. The zero-order chi connectivity index (χ0) is 11.8. The van der Waals surface area contributed by atoms with Crippen molar-refractivity contribution < 1.29 is 0 Å². The molecule has 0 bridgehead atoms. The van der Waals surface area contributed by atoms with Gasteiger partial charge in [0.15, 0.2) is 0 Å². The summed E-state index contributed by atoms with van der Waals surface area (Å²) in [7, 11) is 0. The van der Waals surface area contributed by atoms with Gasteiger partial charge in [0.25, 0.3) is 0 Å². The number of hydrogen-bond acceptors (Lipinski definition) is 1. The Morgan fingerprint density at radius 3 is 2.59 bits per heavy atom. The SMILES string of the molecule is Cc1cn(CC2Cc3ccccc3S2)cc1C. The van der Waals surface area contributed by atoms with Crippen LogP contribution < -0.4 is 0 Å². The van der Waals surface area contributed by atoms with Crippen LogP contribution in [0.2, 0.25) is 0 Å². The number of nitrogens with zero attached hydrogens (tertiary/aromatic N) is 1. The highest BCUT2D eigenvalue weighted by atomic mass is 32.2. The summed E-state index contributed by atoms with van der Waals surface area (Å²) in [5, 5.41) is 0.693. The molecule has 2 aromatic rings. The van der Waals surface area contributed by atoms with Gasteiger partial charge in [0.05, 0.1) is 0 Å². The molecule has 3 rings (SSSR count). The quantitative estimate of drug-likeness (QED) is 0.776. The molecule has 1 atom stereocenters. The lowest BCUT2D eigenvalue weighted by molar-refractivity contribution is 0.666. The third-order valence-corrected chi connectivity index (χ3v) is 4.77. The Kier molecular flexibility index (Phi) is 2.75. The molecule has 88 valence electrons. The number of hydrogen-bond donors (Lipinski definition) is 0. The van der Waals surface area contributed by atoms with Gasteiger partial charge in [0.2, 0.25) is 0 Å². The van der Waals surface area contributed by atoms with Crippen molar-refractivity contribution in [1.82, 2.24) is 4.57 Å². The smallest absolute Gasteiger partial charge is 0.0345 e. The summed E-state index contributed by atoms with van der Waals surface area (Å²) < 4.78 is 2.34. The van der Waals surface area contributed by atoms with Crippen molar-refractivity contribution in [2.75, 3.05) is 0 Å². The Morgan fingerprint density at radius 2 is 1.88 bits per heavy atom. The van der Waals surface area contributed by atoms with E-state index in [2.05, 4.69) is 55.1 Å². The Hall–Kier alpha value is -1.15. The second-order valence-electron chi connectivity index (χ2n) is 4.87. The zero-order valence-electron chi connectivity index (χ0n) is 10.3. The molecule has 0 fully saturated rings. The molecule has 2 heterocycles. The summed E-state index contributed by atoms with van der Waals surface area (Å²) in [6, 6.07) is 8.78. The lowest BCUT2D eigenvalue weighted by Gasteiger charge is -2.09. The number of benzene rings is 1. The van der Waals surface area contributed by atoms with Crippen molar-refractivity contribution in [2.24, 2.45) is 0 Å². The van der Waals surface area contributed by atoms with Crippen LogP contribution in [0, 0.1) is 13.8 Å². The molecule has 0 saturated carbocycles. The van der Waals surface area contributed by atoms with E-state index in [1.54, 1.807) is 0 Å². The summed E-state index contributed by atoms with van der Waals surface area (Å²) in [4.78, 5) is 1.47. The van der Waals surface area contributed by atoms with Crippen LogP contribution in [-0.4, -0.2) is 9.82 Å². The summed E-state index contributed by atoms with van der Waals surface area (Å²) in [6.45, 7) is 5.48. The van der Waals surface area contributed by atoms with E-state index >= 15 is 0 Å². The van der Waals surface area contributed by atoms with Crippen molar-refractivity contribution >= 4 is 11.8 Å². The second kappa shape index (κ2) is 4.26. The van der Waals surface area contributed by atoms with Gasteiger partial charge in [-0.2, -0.15) is 0 Å². The van der Waals surface area contributed by atoms with Gasteiger partial charge in [-0.25, -0.2) is 0 Å². The number of aryl methyl sites for hydroxylation is 2. The van der Waals surface area contributed by atoms with Gasteiger partial charge in [-0.1, -0.05) is 18.2 Å². The molecule has 1 aliphatic heterocycles. The van der Waals surface area contributed by atoms with Crippen LogP contribution in [0.1, 0.15) is 16.7 Å². The fourth-order valence-corrected chi connectivity index (χ4v) is 3.76. The van der Waals surface area contributed by atoms with Crippen LogP contribution in [0.25, 0.3) is 0 Å². The first kappa shape index (κ1) is 11.0. The van der Waals surface area contributed by atoms with Crippen molar-refractivity contribution in [3.63, 3.8) is 0 Å². The van der Waals surface area contributed by atoms with Gasteiger partial charge in [0, 0.05) is 29.1 Å². The average molecular weight is 243 g/mol. The molecule has 1 aromatic carbocycles. The summed E-state index contributed by atoms with van der Waals surface area (Å²) in [6.07, 6.45) is 5.73. The lowest BCUT2D eigenvalue weighted by atomic mass is 10.1. The van der Waals surface area contributed by atoms with Gasteiger partial charge in [-0.15, -0.1) is 11.8 Å². The van der Waals surface area contributed by atoms with E-state index < -0.39 is 0 Å². The fourth-order valence-electron chi connectivity index (χ4n) is 2.43. The van der Waals surface area contributed by atoms with Crippen LogP contribution in [-0.2, 0) is 13.0 Å². The number of fused-ring (bicyclic) bond motifs is 1. The maximum Gasteiger partial charge on any atom is 0.0345 e. The number of aromatic nitrogens is 1. The highest BCUT2D eigenvalue weighted by Gasteiger charge is 2.21. The molecule has 0 aliphatic carbocycles. The van der Waals surface area contributed by atoms with E-state index in [0.29, 0.717) is 5.25 Å². The minimum absolute atomic E-state index is 0.693. The fraction of sp³-hybridized carbons (Fsp3) is 0.333.